The highest BCUT2D eigenvalue weighted by atomic mass is 16.5. The zero-order valence-electron chi connectivity index (χ0n) is 17.2. The molecule has 0 heterocycles. The van der Waals surface area contributed by atoms with E-state index in [9.17, 15) is 9.59 Å². The van der Waals surface area contributed by atoms with Gasteiger partial charge >= 0.3 is 0 Å². The first-order valence-corrected chi connectivity index (χ1v) is 9.52. The van der Waals surface area contributed by atoms with E-state index in [2.05, 4.69) is 10.6 Å². The lowest BCUT2D eigenvalue weighted by Crippen LogP contribution is -2.22. The maximum atomic E-state index is 12.3. The van der Waals surface area contributed by atoms with Gasteiger partial charge in [-0.3, -0.25) is 9.59 Å². The highest BCUT2D eigenvalue weighted by Gasteiger charge is 2.07. The third-order valence-corrected chi connectivity index (χ3v) is 4.18. The van der Waals surface area contributed by atoms with Crippen molar-refractivity contribution in [2.75, 3.05) is 51.6 Å². The molecule has 0 bridgehead atoms. The summed E-state index contributed by atoms with van der Waals surface area (Å²) in [5.41, 5.74) is 2.51. The van der Waals surface area contributed by atoms with E-state index in [1.165, 1.54) is 0 Å². The van der Waals surface area contributed by atoms with E-state index in [4.69, 9.17) is 9.47 Å². The molecule has 7 heteroatoms. The number of anilines is 2. The van der Waals surface area contributed by atoms with Gasteiger partial charge < -0.3 is 25.0 Å². The Labute approximate surface area is 172 Å². The van der Waals surface area contributed by atoms with Crippen molar-refractivity contribution < 1.29 is 19.1 Å². The number of hydrogen-bond acceptors (Lipinski definition) is 5. The smallest absolute Gasteiger partial charge is 0.243 e. The van der Waals surface area contributed by atoms with Crippen molar-refractivity contribution in [1.29, 1.82) is 0 Å². The summed E-state index contributed by atoms with van der Waals surface area (Å²) in [7, 11) is 5.11. The molecular weight excluding hydrogens is 370 g/mol. The molecular formula is C22H29N3O4. The minimum Gasteiger partial charge on any atom is -0.491 e. The average Bonchev–Trinajstić information content (AvgIpc) is 2.71. The molecule has 0 radical (unpaired) electrons. The number of ether oxygens (including phenoxy) is 2. The number of rotatable bonds is 11. The van der Waals surface area contributed by atoms with Crippen molar-refractivity contribution in [2.24, 2.45) is 0 Å². The van der Waals surface area contributed by atoms with Gasteiger partial charge in [-0.25, -0.2) is 0 Å². The lowest BCUT2D eigenvalue weighted by Gasteiger charge is -2.12. The van der Waals surface area contributed by atoms with Crippen LogP contribution in [0.5, 0.6) is 5.75 Å². The van der Waals surface area contributed by atoms with Crippen LogP contribution < -0.4 is 15.4 Å². The fourth-order valence-electron chi connectivity index (χ4n) is 2.61. The summed E-state index contributed by atoms with van der Waals surface area (Å²) in [5.74, 6) is 0.640. The van der Waals surface area contributed by atoms with E-state index >= 15 is 0 Å². The molecule has 0 atom stereocenters. The molecule has 2 aromatic carbocycles. The van der Waals surface area contributed by atoms with Gasteiger partial charge in [0.1, 0.15) is 12.4 Å². The molecule has 0 fully saturated rings. The molecule has 2 rings (SSSR count). The highest BCUT2D eigenvalue weighted by molar-refractivity contribution is 5.93. The summed E-state index contributed by atoms with van der Waals surface area (Å²) >= 11 is 0. The molecule has 0 aliphatic rings. The van der Waals surface area contributed by atoms with E-state index in [0.29, 0.717) is 37.5 Å². The van der Waals surface area contributed by atoms with Crippen LogP contribution in [0.25, 0.3) is 0 Å². The number of carbonyl (C=O) groups is 2. The zero-order valence-corrected chi connectivity index (χ0v) is 17.2. The molecule has 0 aliphatic carbocycles. The molecule has 0 saturated carbocycles. The second-order valence-corrected chi connectivity index (χ2v) is 6.76. The van der Waals surface area contributed by atoms with Crippen LogP contribution in [0, 0.1) is 0 Å². The minimum absolute atomic E-state index is 0.0806. The van der Waals surface area contributed by atoms with Crippen LogP contribution >= 0.6 is 0 Å². The van der Waals surface area contributed by atoms with Crippen LogP contribution in [0.2, 0.25) is 0 Å². The summed E-state index contributed by atoms with van der Waals surface area (Å²) in [4.78, 5) is 25.6. The second-order valence-electron chi connectivity index (χ2n) is 6.76. The van der Waals surface area contributed by atoms with Gasteiger partial charge in [-0.2, -0.15) is 0 Å². The molecule has 2 amide bonds. The molecule has 0 saturated heterocycles. The monoisotopic (exact) mass is 399 g/mol. The first-order valence-electron chi connectivity index (χ1n) is 9.52. The summed E-state index contributed by atoms with van der Waals surface area (Å²) in [5, 5.41) is 5.96. The first kappa shape index (κ1) is 22.2. The van der Waals surface area contributed by atoms with Crippen molar-refractivity contribution in [3.63, 3.8) is 0 Å². The summed E-state index contributed by atoms with van der Waals surface area (Å²) in [6, 6.07) is 15.0. The zero-order chi connectivity index (χ0) is 21.1. The number of hydrogen-bond donors (Lipinski definition) is 2. The Morgan fingerprint density at radius 1 is 1.00 bits per heavy atom. The van der Waals surface area contributed by atoms with Gasteiger partial charge in [0.05, 0.1) is 13.2 Å². The summed E-state index contributed by atoms with van der Waals surface area (Å²) in [6.45, 7) is 1.12. The van der Waals surface area contributed by atoms with Crippen molar-refractivity contribution in [2.45, 2.75) is 12.8 Å². The average molecular weight is 399 g/mol. The standard InChI is InChI=1S/C22H29N3O4/c1-25(2)22(27)11-10-17-6-4-8-19(14-17)24-21(26)16-23-18-7-5-9-20(15-18)29-13-12-28-3/h4-9,14-15,23H,10-13,16H2,1-3H3,(H,24,26). The predicted octanol–water partition coefficient (Wildman–Crippen LogP) is 2.78. The van der Waals surface area contributed by atoms with Gasteiger partial charge in [0, 0.05) is 45.1 Å². The number of aryl methyl sites for hydroxylation is 1. The fourth-order valence-corrected chi connectivity index (χ4v) is 2.61. The Hall–Kier alpha value is -3.06. The van der Waals surface area contributed by atoms with E-state index < -0.39 is 0 Å². The molecule has 2 N–H and O–H groups in total. The quantitative estimate of drug-likeness (QED) is 0.568. The first-order chi connectivity index (χ1) is 14.0. The Balaban J connectivity index is 1.82. The van der Waals surface area contributed by atoms with Gasteiger partial charge in [0.15, 0.2) is 0 Å². The van der Waals surface area contributed by atoms with Gasteiger partial charge in [0.25, 0.3) is 0 Å². The van der Waals surface area contributed by atoms with Crippen molar-refractivity contribution in [3.05, 3.63) is 54.1 Å². The van der Waals surface area contributed by atoms with Crippen LogP contribution in [0.3, 0.4) is 0 Å². The van der Waals surface area contributed by atoms with Crippen LogP contribution in [-0.2, 0) is 20.7 Å². The number of nitrogens with one attached hydrogen (secondary N) is 2. The van der Waals surface area contributed by atoms with Gasteiger partial charge in [-0.15, -0.1) is 0 Å². The van der Waals surface area contributed by atoms with Crippen molar-refractivity contribution >= 4 is 23.2 Å². The van der Waals surface area contributed by atoms with Crippen LogP contribution in [0.1, 0.15) is 12.0 Å². The van der Waals surface area contributed by atoms with Gasteiger partial charge in [0.2, 0.25) is 11.8 Å². The summed E-state index contributed by atoms with van der Waals surface area (Å²) in [6.07, 6.45) is 1.07. The van der Waals surface area contributed by atoms with Crippen molar-refractivity contribution in [3.8, 4) is 5.75 Å². The maximum Gasteiger partial charge on any atom is 0.243 e. The third-order valence-electron chi connectivity index (χ3n) is 4.18. The molecule has 0 aliphatic heterocycles. The Morgan fingerprint density at radius 3 is 2.52 bits per heavy atom. The van der Waals surface area contributed by atoms with Crippen LogP contribution in [0.15, 0.2) is 48.5 Å². The van der Waals surface area contributed by atoms with E-state index in [1.807, 2.05) is 48.5 Å². The number of benzene rings is 2. The van der Waals surface area contributed by atoms with E-state index in [0.717, 1.165) is 11.3 Å². The SMILES string of the molecule is COCCOc1cccc(NCC(=O)Nc2cccc(CCC(=O)N(C)C)c2)c1. The van der Waals surface area contributed by atoms with Gasteiger partial charge in [-0.1, -0.05) is 18.2 Å². The molecule has 7 nitrogen and oxygen atoms in total. The third kappa shape index (κ3) is 8.23. The Kier molecular flexibility index (Phi) is 8.98. The maximum absolute atomic E-state index is 12.3. The fraction of sp³-hybridized carbons (Fsp3) is 0.364. The lowest BCUT2D eigenvalue weighted by molar-refractivity contribution is -0.128. The molecule has 156 valence electrons. The minimum atomic E-state index is -0.155. The second kappa shape index (κ2) is 11.7. The lowest BCUT2D eigenvalue weighted by atomic mass is 10.1. The van der Waals surface area contributed by atoms with Gasteiger partial charge in [-0.05, 0) is 36.2 Å². The predicted molar refractivity (Wildman–Crippen MR) is 114 cm³/mol. The molecule has 0 spiro atoms. The van der Waals surface area contributed by atoms with Crippen molar-refractivity contribution in [1.82, 2.24) is 4.90 Å². The molecule has 0 unspecified atom stereocenters. The number of carbonyl (C=O) groups excluding carboxylic acids is 2. The number of nitrogens with zero attached hydrogens (tertiary/aromatic N) is 1. The van der Waals surface area contributed by atoms with E-state index in [-0.39, 0.29) is 18.4 Å². The normalized spacial score (nSPS) is 10.3. The number of amides is 2. The Bertz CT molecular complexity index is 808. The van der Waals surface area contributed by atoms with Crippen LogP contribution in [0.4, 0.5) is 11.4 Å². The Morgan fingerprint density at radius 2 is 1.76 bits per heavy atom. The van der Waals surface area contributed by atoms with E-state index in [1.54, 1.807) is 26.1 Å². The molecule has 29 heavy (non-hydrogen) atoms. The number of methoxy groups -OCH3 is 1. The molecule has 0 aromatic heterocycles. The van der Waals surface area contributed by atoms with Crippen LogP contribution in [-0.4, -0.2) is 57.7 Å². The summed E-state index contributed by atoms with van der Waals surface area (Å²) < 4.78 is 10.5. The topological polar surface area (TPSA) is 79.9 Å². The molecule has 2 aromatic rings. The largest absolute Gasteiger partial charge is 0.491 e. The highest BCUT2D eigenvalue weighted by Crippen LogP contribution is 2.17.